The summed E-state index contributed by atoms with van der Waals surface area (Å²) in [5, 5.41) is 10.1. The number of anilines is 1. The van der Waals surface area contributed by atoms with Crippen LogP contribution in [0.25, 0.3) is 15.9 Å². The number of thioether (sulfide) groups is 1. The van der Waals surface area contributed by atoms with Gasteiger partial charge in [-0.15, -0.1) is 11.3 Å². The van der Waals surface area contributed by atoms with Crippen molar-refractivity contribution < 1.29 is 9.53 Å². The van der Waals surface area contributed by atoms with Gasteiger partial charge in [-0.2, -0.15) is 14.6 Å². The zero-order valence-electron chi connectivity index (χ0n) is 15.8. The predicted octanol–water partition coefficient (Wildman–Crippen LogP) is 2.45. The molecule has 1 aromatic carbocycles. The van der Waals surface area contributed by atoms with Crippen LogP contribution in [-0.4, -0.2) is 43.3 Å². The van der Waals surface area contributed by atoms with Gasteiger partial charge in [0.15, 0.2) is 5.16 Å². The number of nitrogens with zero attached hydrogens (tertiary/aromatic N) is 5. The molecule has 0 aliphatic heterocycles. The van der Waals surface area contributed by atoms with Crippen LogP contribution in [0.2, 0.25) is 0 Å². The van der Waals surface area contributed by atoms with Crippen molar-refractivity contribution in [1.29, 1.82) is 0 Å². The summed E-state index contributed by atoms with van der Waals surface area (Å²) in [5.74, 6) is 1.11. The number of aromatic nitrogens is 5. The molecule has 11 heteroatoms. The molecule has 3 heterocycles. The highest BCUT2D eigenvalue weighted by Crippen LogP contribution is 2.24. The van der Waals surface area contributed by atoms with E-state index < -0.39 is 0 Å². The fraction of sp³-hybridized carbons (Fsp3) is 0.222. The largest absolute Gasteiger partial charge is 0.497 e. The first-order valence-electron chi connectivity index (χ1n) is 8.55. The van der Waals surface area contributed by atoms with Crippen LogP contribution in [0.15, 0.2) is 33.5 Å². The maximum Gasteiger partial charge on any atom is 0.295 e. The second kappa shape index (κ2) is 7.76. The topological polar surface area (TPSA) is 111 Å². The van der Waals surface area contributed by atoms with Crippen molar-refractivity contribution >= 4 is 50.7 Å². The molecule has 0 atom stereocenters. The molecule has 29 heavy (non-hydrogen) atoms. The molecule has 1 N–H and O–H groups in total. The molecule has 0 aliphatic carbocycles. The van der Waals surface area contributed by atoms with Crippen molar-refractivity contribution in [2.75, 3.05) is 18.2 Å². The number of nitrogens with one attached hydrogen (secondary N) is 1. The van der Waals surface area contributed by atoms with Crippen LogP contribution < -0.4 is 15.6 Å². The molecular formula is C18H16N6O3S2. The van der Waals surface area contributed by atoms with Crippen LogP contribution in [-0.2, 0) is 4.79 Å². The van der Waals surface area contributed by atoms with Crippen LogP contribution in [0.1, 0.15) is 11.4 Å². The highest BCUT2D eigenvalue weighted by molar-refractivity contribution is 7.99. The van der Waals surface area contributed by atoms with Crippen LogP contribution in [0, 0.1) is 13.8 Å². The number of methoxy groups -OCH3 is 1. The zero-order chi connectivity index (χ0) is 20.5. The fourth-order valence-electron chi connectivity index (χ4n) is 2.66. The molecule has 0 radical (unpaired) electrons. The number of hydrogen-bond donors (Lipinski definition) is 1. The molecule has 9 nitrogen and oxygen atoms in total. The van der Waals surface area contributed by atoms with Gasteiger partial charge in [0.25, 0.3) is 5.56 Å². The van der Waals surface area contributed by atoms with E-state index in [1.165, 1.54) is 27.6 Å². The molecule has 148 valence electrons. The van der Waals surface area contributed by atoms with Crippen LogP contribution >= 0.6 is 23.1 Å². The van der Waals surface area contributed by atoms with Crippen molar-refractivity contribution in [3.05, 3.63) is 45.3 Å². The number of rotatable bonds is 5. The Morgan fingerprint density at radius 2 is 2.07 bits per heavy atom. The summed E-state index contributed by atoms with van der Waals surface area (Å²) < 4.78 is 6.69. The van der Waals surface area contributed by atoms with E-state index in [-0.39, 0.29) is 22.9 Å². The van der Waals surface area contributed by atoms with Crippen molar-refractivity contribution in [2.24, 2.45) is 0 Å². The minimum atomic E-state index is -0.373. The summed E-state index contributed by atoms with van der Waals surface area (Å²) in [4.78, 5) is 37.3. The third kappa shape index (κ3) is 3.91. The third-order valence-electron chi connectivity index (χ3n) is 4.11. The number of hydrogen-bond acceptors (Lipinski definition) is 9. The Hall–Kier alpha value is -3.05. The number of benzene rings is 1. The lowest BCUT2D eigenvalue weighted by Crippen LogP contribution is -2.19. The molecule has 0 bridgehead atoms. The van der Waals surface area contributed by atoms with E-state index in [1.807, 2.05) is 25.1 Å². The minimum Gasteiger partial charge on any atom is -0.497 e. The number of fused-ring (bicyclic) bond motifs is 2. The van der Waals surface area contributed by atoms with Gasteiger partial charge in [-0.1, -0.05) is 11.8 Å². The Balaban J connectivity index is 1.48. The lowest BCUT2D eigenvalue weighted by Gasteiger charge is -2.07. The third-order valence-corrected chi connectivity index (χ3v) is 5.78. The summed E-state index contributed by atoms with van der Waals surface area (Å²) in [6.07, 6.45) is 0. The van der Waals surface area contributed by atoms with Gasteiger partial charge in [-0.25, -0.2) is 9.97 Å². The van der Waals surface area contributed by atoms with Crippen LogP contribution in [0.3, 0.4) is 0 Å². The normalized spacial score (nSPS) is 11.1. The minimum absolute atomic E-state index is 0.130. The highest BCUT2D eigenvalue weighted by atomic mass is 32.2. The second-order valence-corrected chi connectivity index (χ2v) is 7.91. The van der Waals surface area contributed by atoms with Gasteiger partial charge in [0.1, 0.15) is 17.3 Å². The first kappa shape index (κ1) is 19.3. The van der Waals surface area contributed by atoms with Crippen molar-refractivity contribution in [2.45, 2.75) is 19.0 Å². The summed E-state index contributed by atoms with van der Waals surface area (Å²) >= 11 is 2.48. The molecular weight excluding hydrogens is 412 g/mol. The Morgan fingerprint density at radius 1 is 1.24 bits per heavy atom. The zero-order valence-corrected chi connectivity index (χ0v) is 17.4. The fourth-order valence-corrected chi connectivity index (χ4v) is 4.11. The van der Waals surface area contributed by atoms with E-state index >= 15 is 0 Å². The Bertz CT molecular complexity index is 1300. The Labute approximate surface area is 173 Å². The monoisotopic (exact) mass is 428 g/mol. The molecule has 0 spiro atoms. The van der Waals surface area contributed by atoms with Gasteiger partial charge in [0.05, 0.1) is 18.4 Å². The summed E-state index contributed by atoms with van der Waals surface area (Å²) in [6, 6.07) is 5.60. The Kier molecular flexibility index (Phi) is 5.16. The van der Waals surface area contributed by atoms with Gasteiger partial charge in [-0.3, -0.25) is 9.59 Å². The van der Waals surface area contributed by atoms with E-state index in [0.717, 1.165) is 22.3 Å². The smallest absolute Gasteiger partial charge is 0.295 e. The standard InChI is InChI=1S/C18H16N6O3S2/c1-9-12-6-11(27-3)4-5-13(12)20-17(19-9)28-8-15(25)21-14-7-29-18-22-16(26)10(2)23-24(14)18/h4-7H,8H2,1-3H3,(H,21,25). The molecule has 0 saturated carbocycles. The predicted molar refractivity (Wildman–Crippen MR) is 112 cm³/mol. The van der Waals surface area contributed by atoms with E-state index in [9.17, 15) is 9.59 Å². The summed E-state index contributed by atoms with van der Waals surface area (Å²) in [7, 11) is 1.61. The number of carbonyl (C=O) groups is 1. The molecule has 0 aliphatic rings. The maximum atomic E-state index is 12.4. The number of carbonyl (C=O) groups excluding carboxylic acids is 1. The molecule has 0 unspecified atom stereocenters. The van der Waals surface area contributed by atoms with Gasteiger partial charge < -0.3 is 10.1 Å². The highest BCUT2D eigenvalue weighted by Gasteiger charge is 2.13. The summed E-state index contributed by atoms with van der Waals surface area (Å²) in [5.41, 5.74) is 1.50. The lowest BCUT2D eigenvalue weighted by atomic mass is 10.2. The van der Waals surface area contributed by atoms with Crippen molar-refractivity contribution in [1.82, 2.24) is 24.6 Å². The molecule has 4 rings (SSSR count). The molecule has 0 fully saturated rings. The van der Waals surface area contributed by atoms with E-state index in [0.29, 0.717) is 15.9 Å². The maximum absolute atomic E-state index is 12.4. The Morgan fingerprint density at radius 3 is 2.86 bits per heavy atom. The first-order chi connectivity index (χ1) is 13.9. The molecule has 1 amide bonds. The quantitative estimate of drug-likeness (QED) is 0.381. The lowest BCUT2D eigenvalue weighted by molar-refractivity contribution is -0.113. The van der Waals surface area contributed by atoms with Gasteiger partial charge in [0, 0.05) is 16.5 Å². The van der Waals surface area contributed by atoms with Crippen LogP contribution in [0.4, 0.5) is 5.82 Å². The number of thiazole rings is 1. The molecule has 3 aromatic heterocycles. The molecule has 0 saturated heterocycles. The van der Waals surface area contributed by atoms with Crippen molar-refractivity contribution in [3.63, 3.8) is 0 Å². The van der Waals surface area contributed by atoms with Gasteiger partial charge in [0.2, 0.25) is 10.9 Å². The van der Waals surface area contributed by atoms with E-state index in [2.05, 4.69) is 25.4 Å². The molecule has 4 aromatic rings. The SMILES string of the molecule is COc1ccc2nc(SCC(=O)Nc3csc4nc(=O)c(C)nn34)nc(C)c2c1. The number of amides is 1. The van der Waals surface area contributed by atoms with Gasteiger partial charge in [-0.05, 0) is 32.0 Å². The first-order valence-corrected chi connectivity index (χ1v) is 10.4. The van der Waals surface area contributed by atoms with E-state index in [1.54, 1.807) is 19.4 Å². The van der Waals surface area contributed by atoms with Crippen LogP contribution in [0.5, 0.6) is 5.75 Å². The average molecular weight is 428 g/mol. The van der Waals surface area contributed by atoms with Gasteiger partial charge >= 0.3 is 0 Å². The number of ether oxygens (including phenoxy) is 1. The summed E-state index contributed by atoms with van der Waals surface area (Å²) in [6.45, 7) is 3.48. The number of aryl methyl sites for hydroxylation is 2. The van der Waals surface area contributed by atoms with E-state index in [4.69, 9.17) is 4.74 Å². The van der Waals surface area contributed by atoms with Crippen molar-refractivity contribution in [3.8, 4) is 5.75 Å². The average Bonchev–Trinajstić information content (AvgIpc) is 3.08. The second-order valence-electron chi connectivity index (χ2n) is 6.13.